The molecular weight excluding hydrogens is 420 g/mol. The van der Waals surface area contributed by atoms with Crippen molar-refractivity contribution in [2.45, 2.75) is 123 Å². The van der Waals surface area contributed by atoms with Crippen LogP contribution in [0.25, 0.3) is 0 Å². The van der Waals surface area contributed by atoms with Crippen molar-refractivity contribution in [3.63, 3.8) is 0 Å². The molecule has 3 heteroatoms. The molecule has 0 radical (unpaired) electrons. The first-order chi connectivity index (χ1) is 16.7. The summed E-state index contributed by atoms with van der Waals surface area (Å²) in [6.07, 6.45) is 22.0. The SMILES string of the molecule is CCCCCC1CCC(CCCOc2ccc(OC(=O)C3CCC(CCCC)CC3)cc2)CC1. The van der Waals surface area contributed by atoms with E-state index in [-0.39, 0.29) is 11.9 Å². The van der Waals surface area contributed by atoms with Gasteiger partial charge in [-0.15, -0.1) is 0 Å². The molecule has 3 rings (SSSR count). The Morgan fingerprint density at radius 3 is 1.76 bits per heavy atom. The van der Waals surface area contributed by atoms with Gasteiger partial charge in [-0.05, 0) is 80.5 Å². The number of ether oxygens (including phenoxy) is 2. The lowest BCUT2D eigenvalue weighted by atomic mass is 9.78. The van der Waals surface area contributed by atoms with Gasteiger partial charge in [-0.25, -0.2) is 0 Å². The Hall–Kier alpha value is -1.51. The lowest BCUT2D eigenvalue weighted by Gasteiger charge is -2.28. The molecule has 2 saturated carbocycles. The fraction of sp³-hybridized carbons (Fsp3) is 0.774. The molecule has 0 N–H and O–H groups in total. The minimum atomic E-state index is -0.0531. The standard InChI is InChI=1S/C31H50O3/c1-3-5-7-10-26-12-14-27(15-13-26)11-8-24-33-29-20-22-30(23-21-29)34-31(32)28-18-16-25(17-19-28)9-6-4-2/h20-23,25-28H,3-19,24H2,1-2H3. The average molecular weight is 471 g/mol. The number of unbranched alkanes of at least 4 members (excludes halogenated alkanes) is 3. The van der Waals surface area contributed by atoms with Crippen molar-refractivity contribution in [3.05, 3.63) is 24.3 Å². The van der Waals surface area contributed by atoms with Crippen LogP contribution in [0.15, 0.2) is 24.3 Å². The molecule has 1 aromatic carbocycles. The minimum Gasteiger partial charge on any atom is -0.494 e. The maximum absolute atomic E-state index is 12.6. The number of rotatable bonds is 14. The largest absolute Gasteiger partial charge is 0.494 e. The number of benzene rings is 1. The molecule has 0 saturated heterocycles. The van der Waals surface area contributed by atoms with Crippen LogP contribution in [0.4, 0.5) is 0 Å². The molecule has 0 atom stereocenters. The number of hydrogen-bond acceptors (Lipinski definition) is 3. The van der Waals surface area contributed by atoms with E-state index in [0.29, 0.717) is 5.75 Å². The number of carbonyl (C=O) groups is 1. The van der Waals surface area contributed by atoms with Crippen molar-refractivity contribution in [1.29, 1.82) is 0 Å². The van der Waals surface area contributed by atoms with Gasteiger partial charge in [-0.2, -0.15) is 0 Å². The molecule has 1 aromatic rings. The summed E-state index contributed by atoms with van der Waals surface area (Å²) in [6, 6.07) is 7.62. The highest BCUT2D eigenvalue weighted by Crippen LogP contribution is 2.35. The van der Waals surface area contributed by atoms with Gasteiger partial charge in [0.2, 0.25) is 0 Å². The topological polar surface area (TPSA) is 35.5 Å². The summed E-state index contributed by atoms with van der Waals surface area (Å²) in [5, 5.41) is 0. The highest BCUT2D eigenvalue weighted by Gasteiger charge is 2.27. The quantitative estimate of drug-likeness (QED) is 0.154. The summed E-state index contributed by atoms with van der Waals surface area (Å²) in [7, 11) is 0. The summed E-state index contributed by atoms with van der Waals surface area (Å²) < 4.78 is 11.6. The van der Waals surface area contributed by atoms with Crippen molar-refractivity contribution in [2.75, 3.05) is 6.61 Å². The van der Waals surface area contributed by atoms with Crippen LogP contribution in [0.3, 0.4) is 0 Å². The molecule has 0 amide bonds. The predicted octanol–water partition coefficient (Wildman–Crippen LogP) is 9.13. The zero-order valence-corrected chi connectivity index (χ0v) is 22.1. The van der Waals surface area contributed by atoms with Gasteiger partial charge in [0, 0.05) is 0 Å². The van der Waals surface area contributed by atoms with Crippen LogP contribution >= 0.6 is 0 Å². The normalized spacial score (nSPS) is 25.1. The van der Waals surface area contributed by atoms with Crippen molar-refractivity contribution >= 4 is 5.97 Å². The van der Waals surface area contributed by atoms with Crippen LogP contribution in [-0.4, -0.2) is 12.6 Å². The molecule has 192 valence electrons. The van der Waals surface area contributed by atoms with Crippen LogP contribution in [-0.2, 0) is 4.79 Å². The van der Waals surface area contributed by atoms with Gasteiger partial charge >= 0.3 is 5.97 Å². The first kappa shape index (κ1) is 27.1. The van der Waals surface area contributed by atoms with E-state index >= 15 is 0 Å². The van der Waals surface area contributed by atoms with Gasteiger partial charge in [0.1, 0.15) is 11.5 Å². The molecule has 2 aliphatic rings. The summed E-state index contributed by atoms with van der Waals surface area (Å²) >= 11 is 0. The molecule has 0 heterocycles. The summed E-state index contributed by atoms with van der Waals surface area (Å²) in [5.41, 5.74) is 0. The van der Waals surface area contributed by atoms with Crippen LogP contribution in [0, 0.1) is 23.7 Å². The van der Waals surface area contributed by atoms with Gasteiger partial charge in [0.25, 0.3) is 0 Å². The number of hydrogen-bond donors (Lipinski definition) is 0. The lowest BCUT2D eigenvalue weighted by Crippen LogP contribution is -2.25. The van der Waals surface area contributed by atoms with Gasteiger partial charge in [-0.3, -0.25) is 4.79 Å². The smallest absolute Gasteiger partial charge is 0.314 e. The molecular formula is C31H50O3. The molecule has 2 aliphatic carbocycles. The van der Waals surface area contributed by atoms with Crippen molar-refractivity contribution < 1.29 is 14.3 Å². The van der Waals surface area contributed by atoms with E-state index in [0.717, 1.165) is 49.4 Å². The highest BCUT2D eigenvalue weighted by atomic mass is 16.5. The molecule has 34 heavy (non-hydrogen) atoms. The maximum atomic E-state index is 12.6. The van der Waals surface area contributed by atoms with E-state index in [1.807, 2.05) is 24.3 Å². The maximum Gasteiger partial charge on any atom is 0.314 e. The van der Waals surface area contributed by atoms with Gasteiger partial charge in [-0.1, -0.05) is 84.5 Å². The Kier molecular flexibility index (Phi) is 12.3. The Bertz CT molecular complexity index is 666. The second-order valence-electron chi connectivity index (χ2n) is 11.1. The van der Waals surface area contributed by atoms with E-state index in [9.17, 15) is 4.79 Å². The van der Waals surface area contributed by atoms with E-state index < -0.39 is 0 Å². The Balaban J connectivity index is 1.26. The monoisotopic (exact) mass is 470 g/mol. The Morgan fingerprint density at radius 2 is 1.18 bits per heavy atom. The summed E-state index contributed by atoms with van der Waals surface area (Å²) in [4.78, 5) is 12.6. The molecule has 0 bridgehead atoms. The van der Waals surface area contributed by atoms with Crippen molar-refractivity contribution in [1.82, 2.24) is 0 Å². The third kappa shape index (κ3) is 9.62. The Morgan fingerprint density at radius 1 is 0.676 bits per heavy atom. The molecule has 0 aliphatic heterocycles. The van der Waals surface area contributed by atoms with Gasteiger partial charge in [0.15, 0.2) is 0 Å². The van der Waals surface area contributed by atoms with Crippen LogP contribution in [0.1, 0.15) is 123 Å². The first-order valence-corrected chi connectivity index (χ1v) is 14.6. The fourth-order valence-electron chi connectivity index (χ4n) is 6.04. The van der Waals surface area contributed by atoms with Gasteiger partial charge < -0.3 is 9.47 Å². The van der Waals surface area contributed by atoms with Crippen molar-refractivity contribution in [3.8, 4) is 11.5 Å². The van der Waals surface area contributed by atoms with Crippen LogP contribution in [0.5, 0.6) is 11.5 Å². The summed E-state index contributed by atoms with van der Waals surface area (Å²) in [5.74, 6) is 4.23. The zero-order chi connectivity index (χ0) is 24.0. The predicted molar refractivity (Wildman–Crippen MR) is 141 cm³/mol. The molecule has 2 fully saturated rings. The fourth-order valence-corrected chi connectivity index (χ4v) is 6.04. The van der Waals surface area contributed by atoms with Crippen LogP contribution in [0.2, 0.25) is 0 Å². The highest BCUT2D eigenvalue weighted by molar-refractivity contribution is 5.75. The molecule has 0 unspecified atom stereocenters. The lowest BCUT2D eigenvalue weighted by molar-refractivity contribution is -0.140. The average Bonchev–Trinajstić information content (AvgIpc) is 2.87. The second-order valence-corrected chi connectivity index (χ2v) is 11.1. The van der Waals surface area contributed by atoms with E-state index in [1.165, 1.54) is 89.9 Å². The van der Waals surface area contributed by atoms with E-state index in [4.69, 9.17) is 9.47 Å². The first-order valence-electron chi connectivity index (χ1n) is 14.6. The molecule has 0 aromatic heterocycles. The number of carbonyl (C=O) groups excluding carboxylic acids is 1. The minimum absolute atomic E-state index is 0.0531. The van der Waals surface area contributed by atoms with Gasteiger partial charge in [0.05, 0.1) is 12.5 Å². The van der Waals surface area contributed by atoms with Crippen LogP contribution < -0.4 is 9.47 Å². The third-order valence-electron chi connectivity index (χ3n) is 8.40. The van der Waals surface area contributed by atoms with Crippen molar-refractivity contribution in [2.24, 2.45) is 23.7 Å². The number of esters is 1. The summed E-state index contributed by atoms with van der Waals surface area (Å²) in [6.45, 7) is 5.32. The molecule has 0 spiro atoms. The zero-order valence-electron chi connectivity index (χ0n) is 22.1. The second kappa shape index (κ2) is 15.5. The third-order valence-corrected chi connectivity index (χ3v) is 8.40. The molecule has 3 nitrogen and oxygen atoms in total. The van der Waals surface area contributed by atoms with E-state index in [2.05, 4.69) is 13.8 Å². The van der Waals surface area contributed by atoms with E-state index in [1.54, 1.807) is 0 Å². The Labute approximate surface area is 209 Å².